The zero-order chi connectivity index (χ0) is 11.7. The van der Waals surface area contributed by atoms with Crippen LogP contribution in [0.3, 0.4) is 0 Å². The smallest absolute Gasteiger partial charge is 0.0682 e. The van der Waals surface area contributed by atoms with Gasteiger partial charge in [-0.05, 0) is 12.0 Å². The number of nitrogens with zero attached hydrogens (tertiary/aromatic N) is 2. The van der Waals surface area contributed by atoms with Gasteiger partial charge in [0.1, 0.15) is 0 Å². The summed E-state index contributed by atoms with van der Waals surface area (Å²) in [6.07, 6.45) is 0.849. The van der Waals surface area contributed by atoms with E-state index in [1.54, 1.807) is 0 Å². The lowest BCUT2D eigenvalue weighted by Crippen LogP contribution is -2.49. The van der Waals surface area contributed by atoms with E-state index in [1.807, 2.05) is 0 Å². The average molecular weight is 232 g/mol. The SMILES string of the molecule is O[C@H]1C[C@@H]2CN(Cc3ccccc3)CCN2C1. The molecule has 1 aromatic rings. The number of rotatable bonds is 2. The first-order chi connectivity index (χ1) is 8.31. The molecule has 2 heterocycles. The molecule has 2 atom stereocenters. The molecule has 0 radical (unpaired) electrons. The van der Waals surface area contributed by atoms with E-state index in [9.17, 15) is 5.11 Å². The molecule has 0 amide bonds. The van der Waals surface area contributed by atoms with Gasteiger partial charge in [-0.3, -0.25) is 9.80 Å². The molecular weight excluding hydrogens is 212 g/mol. The van der Waals surface area contributed by atoms with E-state index in [2.05, 4.69) is 40.1 Å². The zero-order valence-electron chi connectivity index (χ0n) is 10.1. The molecule has 0 bridgehead atoms. The lowest BCUT2D eigenvalue weighted by Gasteiger charge is -2.37. The molecule has 17 heavy (non-hydrogen) atoms. The standard InChI is InChI=1S/C14H20N2O/c17-14-8-13-10-15(6-7-16(13)11-14)9-12-4-2-1-3-5-12/h1-5,13-14,17H,6-11H2/t13-,14+/m1/s1. The maximum Gasteiger partial charge on any atom is 0.0682 e. The lowest BCUT2D eigenvalue weighted by molar-refractivity contribution is 0.0972. The highest BCUT2D eigenvalue weighted by Crippen LogP contribution is 2.22. The second kappa shape index (κ2) is 4.77. The fourth-order valence-corrected chi connectivity index (χ4v) is 3.07. The summed E-state index contributed by atoms with van der Waals surface area (Å²) in [5, 5.41) is 9.68. The minimum atomic E-state index is -0.100. The van der Waals surface area contributed by atoms with E-state index in [0.717, 1.165) is 39.1 Å². The monoisotopic (exact) mass is 232 g/mol. The summed E-state index contributed by atoms with van der Waals surface area (Å²) < 4.78 is 0. The molecule has 0 aromatic heterocycles. The lowest BCUT2D eigenvalue weighted by atomic mass is 10.1. The van der Waals surface area contributed by atoms with Gasteiger partial charge in [0.05, 0.1) is 6.10 Å². The number of hydrogen-bond donors (Lipinski definition) is 1. The predicted octanol–water partition coefficient (Wildman–Crippen LogP) is 0.937. The molecule has 2 aliphatic rings. The number of benzene rings is 1. The third-order valence-electron chi connectivity index (χ3n) is 3.93. The Morgan fingerprint density at radius 1 is 1.12 bits per heavy atom. The molecule has 0 spiro atoms. The van der Waals surface area contributed by atoms with Crippen LogP contribution in [0.5, 0.6) is 0 Å². The zero-order valence-corrected chi connectivity index (χ0v) is 10.1. The van der Waals surface area contributed by atoms with Crippen LogP contribution in [-0.4, -0.2) is 53.2 Å². The highest BCUT2D eigenvalue weighted by molar-refractivity contribution is 5.14. The van der Waals surface area contributed by atoms with Crippen molar-refractivity contribution >= 4 is 0 Å². The van der Waals surface area contributed by atoms with Crippen LogP contribution in [-0.2, 0) is 6.54 Å². The van der Waals surface area contributed by atoms with Gasteiger partial charge < -0.3 is 5.11 Å². The van der Waals surface area contributed by atoms with Crippen LogP contribution in [0.2, 0.25) is 0 Å². The molecule has 1 aromatic carbocycles. The predicted molar refractivity (Wildman–Crippen MR) is 67.7 cm³/mol. The van der Waals surface area contributed by atoms with Crippen molar-refractivity contribution in [3.05, 3.63) is 35.9 Å². The molecule has 3 heteroatoms. The largest absolute Gasteiger partial charge is 0.392 e. The number of fused-ring (bicyclic) bond motifs is 1. The molecule has 0 saturated carbocycles. The Balaban J connectivity index is 1.60. The fourth-order valence-electron chi connectivity index (χ4n) is 3.07. The van der Waals surface area contributed by atoms with Crippen LogP contribution in [0.1, 0.15) is 12.0 Å². The summed E-state index contributed by atoms with van der Waals surface area (Å²) in [5.41, 5.74) is 1.39. The topological polar surface area (TPSA) is 26.7 Å². The van der Waals surface area contributed by atoms with Crippen LogP contribution < -0.4 is 0 Å². The van der Waals surface area contributed by atoms with E-state index in [-0.39, 0.29) is 6.10 Å². The summed E-state index contributed by atoms with van der Waals surface area (Å²) >= 11 is 0. The Hall–Kier alpha value is -0.900. The van der Waals surface area contributed by atoms with E-state index in [4.69, 9.17) is 0 Å². The highest BCUT2D eigenvalue weighted by Gasteiger charge is 2.34. The molecule has 2 saturated heterocycles. The first-order valence-electron chi connectivity index (χ1n) is 6.49. The Bertz CT molecular complexity index is 368. The van der Waals surface area contributed by atoms with Crippen molar-refractivity contribution in [2.24, 2.45) is 0 Å². The van der Waals surface area contributed by atoms with Crippen molar-refractivity contribution in [3.8, 4) is 0 Å². The normalized spacial score (nSPS) is 30.4. The Kier molecular flexibility index (Phi) is 3.14. The maximum absolute atomic E-state index is 9.68. The molecule has 0 aliphatic carbocycles. The van der Waals surface area contributed by atoms with Gasteiger partial charge in [0.15, 0.2) is 0 Å². The Labute approximate surface area is 103 Å². The molecule has 3 rings (SSSR count). The minimum Gasteiger partial charge on any atom is -0.392 e. The van der Waals surface area contributed by atoms with Gasteiger partial charge in [-0.25, -0.2) is 0 Å². The molecule has 92 valence electrons. The fraction of sp³-hybridized carbons (Fsp3) is 0.571. The second-order valence-corrected chi connectivity index (χ2v) is 5.26. The van der Waals surface area contributed by atoms with E-state index in [1.165, 1.54) is 5.56 Å². The molecule has 1 N–H and O–H groups in total. The van der Waals surface area contributed by atoms with Crippen LogP contribution in [0, 0.1) is 0 Å². The Morgan fingerprint density at radius 2 is 1.94 bits per heavy atom. The number of piperazine rings is 1. The van der Waals surface area contributed by atoms with Gasteiger partial charge in [0.25, 0.3) is 0 Å². The van der Waals surface area contributed by atoms with Gasteiger partial charge >= 0.3 is 0 Å². The maximum atomic E-state index is 9.68. The third-order valence-corrected chi connectivity index (χ3v) is 3.93. The first-order valence-corrected chi connectivity index (χ1v) is 6.49. The van der Waals surface area contributed by atoms with Gasteiger partial charge in [-0.15, -0.1) is 0 Å². The van der Waals surface area contributed by atoms with Crippen molar-refractivity contribution < 1.29 is 5.11 Å². The Morgan fingerprint density at radius 3 is 2.76 bits per heavy atom. The van der Waals surface area contributed by atoms with E-state index < -0.39 is 0 Å². The molecule has 3 nitrogen and oxygen atoms in total. The first kappa shape index (κ1) is 11.2. The number of aliphatic hydroxyl groups is 1. The van der Waals surface area contributed by atoms with Gasteiger partial charge in [0, 0.05) is 38.8 Å². The molecule has 2 fully saturated rings. The highest BCUT2D eigenvalue weighted by atomic mass is 16.3. The van der Waals surface area contributed by atoms with Crippen molar-refractivity contribution in [2.75, 3.05) is 26.2 Å². The van der Waals surface area contributed by atoms with Crippen molar-refractivity contribution in [2.45, 2.75) is 25.1 Å². The number of aliphatic hydroxyl groups excluding tert-OH is 1. The average Bonchev–Trinajstić information content (AvgIpc) is 2.70. The second-order valence-electron chi connectivity index (χ2n) is 5.26. The van der Waals surface area contributed by atoms with Crippen molar-refractivity contribution in [1.29, 1.82) is 0 Å². The molecule has 0 unspecified atom stereocenters. The summed E-state index contributed by atoms with van der Waals surface area (Å²) in [4.78, 5) is 4.95. The van der Waals surface area contributed by atoms with Gasteiger partial charge in [-0.1, -0.05) is 30.3 Å². The van der Waals surface area contributed by atoms with Crippen molar-refractivity contribution in [3.63, 3.8) is 0 Å². The summed E-state index contributed by atoms with van der Waals surface area (Å²) in [6, 6.07) is 11.2. The van der Waals surface area contributed by atoms with Crippen LogP contribution in [0.4, 0.5) is 0 Å². The van der Waals surface area contributed by atoms with Crippen molar-refractivity contribution in [1.82, 2.24) is 9.80 Å². The number of hydrogen-bond acceptors (Lipinski definition) is 3. The van der Waals surface area contributed by atoms with E-state index in [0.29, 0.717) is 6.04 Å². The molecular formula is C14H20N2O. The quantitative estimate of drug-likeness (QED) is 0.822. The van der Waals surface area contributed by atoms with Gasteiger partial charge in [0.2, 0.25) is 0 Å². The molecule has 2 aliphatic heterocycles. The summed E-state index contributed by atoms with van der Waals surface area (Å²) in [7, 11) is 0. The summed E-state index contributed by atoms with van der Waals surface area (Å²) in [5.74, 6) is 0. The summed E-state index contributed by atoms with van der Waals surface area (Å²) in [6.45, 7) is 5.25. The van der Waals surface area contributed by atoms with Crippen LogP contribution in [0.25, 0.3) is 0 Å². The van der Waals surface area contributed by atoms with E-state index >= 15 is 0 Å². The van der Waals surface area contributed by atoms with Crippen LogP contribution >= 0.6 is 0 Å². The van der Waals surface area contributed by atoms with Crippen LogP contribution in [0.15, 0.2) is 30.3 Å². The van der Waals surface area contributed by atoms with Gasteiger partial charge in [-0.2, -0.15) is 0 Å². The minimum absolute atomic E-state index is 0.100. The third kappa shape index (κ3) is 2.51.